The maximum absolute atomic E-state index is 12.8. The summed E-state index contributed by atoms with van der Waals surface area (Å²) < 4.78 is 17.6. The monoisotopic (exact) mass is 448 g/mol. The van der Waals surface area contributed by atoms with Crippen LogP contribution >= 0.6 is 0 Å². The molecule has 10 heteroatoms. The third-order valence-electron chi connectivity index (χ3n) is 5.11. The Kier molecular flexibility index (Phi) is 6.34. The maximum Gasteiger partial charge on any atom is 0.271 e. The molecule has 0 unspecified atom stereocenters. The number of ether oxygens (including phenoxy) is 2. The molecule has 0 aliphatic heterocycles. The third kappa shape index (κ3) is 4.69. The molecule has 3 aromatic heterocycles. The number of pyridine rings is 1. The number of hydrogen-bond acceptors (Lipinski definition) is 8. The molecule has 4 rings (SSSR count). The van der Waals surface area contributed by atoms with E-state index in [0.29, 0.717) is 35.5 Å². The molecule has 3 heterocycles. The summed E-state index contributed by atoms with van der Waals surface area (Å²) >= 11 is 0. The highest BCUT2D eigenvalue weighted by Gasteiger charge is 2.17. The SMILES string of the molecule is CCc1noc(-c2ccnc(-n3cnc(C(=O)N[C@H](C)c4ccc(OC)c(OC)c4)c3)c2)n1. The summed E-state index contributed by atoms with van der Waals surface area (Å²) in [4.78, 5) is 25.7. The zero-order chi connectivity index (χ0) is 23.4. The Hall–Kier alpha value is -4.21. The number of benzene rings is 1. The molecule has 0 radical (unpaired) electrons. The summed E-state index contributed by atoms with van der Waals surface area (Å²) in [6.07, 6.45) is 5.48. The van der Waals surface area contributed by atoms with Crippen LogP contribution in [-0.4, -0.2) is 44.8 Å². The molecule has 1 aromatic carbocycles. The maximum atomic E-state index is 12.8. The molecule has 4 aromatic rings. The topological polar surface area (TPSA) is 117 Å². The number of carbonyl (C=O) groups excluding carboxylic acids is 1. The van der Waals surface area contributed by atoms with Crippen molar-refractivity contribution in [3.63, 3.8) is 0 Å². The first-order chi connectivity index (χ1) is 16.0. The van der Waals surface area contributed by atoms with Crippen molar-refractivity contribution >= 4 is 5.91 Å². The summed E-state index contributed by atoms with van der Waals surface area (Å²) in [5, 5.41) is 6.87. The lowest BCUT2D eigenvalue weighted by atomic mass is 10.1. The van der Waals surface area contributed by atoms with Crippen LogP contribution in [0.2, 0.25) is 0 Å². The summed E-state index contributed by atoms with van der Waals surface area (Å²) in [5.74, 6) is 2.53. The van der Waals surface area contributed by atoms with Gasteiger partial charge < -0.3 is 19.3 Å². The highest BCUT2D eigenvalue weighted by atomic mass is 16.5. The van der Waals surface area contributed by atoms with E-state index in [-0.39, 0.29) is 17.6 Å². The molecule has 0 saturated heterocycles. The molecule has 0 aliphatic carbocycles. The van der Waals surface area contributed by atoms with E-state index in [1.54, 1.807) is 49.4 Å². The van der Waals surface area contributed by atoms with Crippen molar-refractivity contribution < 1.29 is 18.8 Å². The normalized spacial score (nSPS) is 11.8. The van der Waals surface area contributed by atoms with Gasteiger partial charge >= 0.3 is 0 Å². The fourth-order valence-corrected chi connectivity index (χ4v) is 3.25. The zero-order valence-electron chi connectivity index (χ0n) is 18.8. The second-order valence-corrected chi connectivity index (χ2v) is 7.25. The van der Waals surface area contributed by atoms with Crippen LogP contribution in [0.25, 0.3) is 17.3 Å². The van der Waals surface area contributed by atoms with Gasteiger partial charge in [0.1, 0.15) is 17.8 Å². The predicted octanol–water partition coefficient (Wildman–Crippen LogP) is 3.39. The highest BCUT2D eigenvalue weighted by Crippen LogP contribution is 2.30. The lowest BCUT2D eigenvalue weighted by molar-refractivity contribution is 0.0935. The Labute approximate surface area is 190 Å². The first kappa shape index (κ1) is 22.0. The molecule has 1 amide bonds. The number of methoxy groups -OCH3 is 2. The van der Waals surface area contributed by atoms with Crippen molar-refractivity contribution in [2.75, 3.05) is 14.2 Å². The van der Waals surface area contributed by atoms with E-state index >= 15 is 0 Å². The minimum Gasteiger partial charge on any atom is -0.493 e. The summed E-state index contributed by atoms with van der Waals surface area (Å²) in [5.41, 5.74) is 1.87. The second kappa shape index (κ2) is 9.51. The summed E-state index contributed by atoms with van der Waals surface area (Å²) in [6, 6.07) is 8.82. The van der Waals surface area contributed by atoms with E-state index in [1.807, 2.05) is 26.0 Å². The van der Waals surface area contributed by atoms with Gasteiger partial charge in [-0.2, -0.15) is 4.98 Å². The van der Waals surface area contributed by atoms with Crippen molar-refractivity contribution in [1.29, 1.82) is 0 Å². The van der Waals surface area contributed by atoms with E-state index in [1.165, 1.54) is 6.33 Å². The van der Waals surface area contributed by atoms with Gasteiger partial charge in [-0.15, -0.1) is 0 Å². The van der Waals surface area contributed by atoms with Gasteiger partial charge in [0.05, 0.1) is 20.3 Å². The highest BCUT2D eigenvalue weighted by molar-refractivity contribution is 5.92. The van der Waals surface area contributed by atoms with Gasteiger partial charge in [0.2, 0.25) is 0 Å². The molecule has 0 bridgehead atoms. The minimum absolute atomic E-state index is 0.264. The summed E-state index contributed by atoms with van der Waals surface area (Å²) in [6.45, 7) is 3.84. The number of nitrogens with one attached hydrogen (secondary N) is 1. The minimum atomic E-state index is -0.309. The Morgan fingerprint density at radius 2 is 1.97 bits per heavy atom. The Bertz CT molecular complexity index is 1270. The van der Waals surface area contributed by atoms with Gasteiger partial charge in [-0.05, 0) is 36.8 Å². The number of rotatable bonds is 8. The molecule has 10 nitrogen and oxygen atoms in total. The van der Waals surface area contributed by atoms with Crippen molar-refractivity contribution in [2.45, 2.75) is 26.3 Å². The average Bonchev–Trinajstić information content (AvgIpc) is 3.54. The Morgan fingerprint density at radius 1 is 1.15 bits per heavy atom. The lowest BCUT2D eigenvalue weighted by Gasteiger charge is -2.16. The molecule has 1 atom stereocenters. The second-order valence-electron chi connectivity index (χ2n) is 7.25. The lowest BCUT2D eigenvalue weighted by Crippen LogP contribution is -2.27. The van der Waals surface area contributed by atoms with Crippen LogP contribution < -0.4 is 14.8 Å². The molecule has 0 fully saturated rings. The van der Waals surface area contributed by atoms with Gasteiger partial charge in [0, 0.05) is 24.4 Å². The zero-order valence-corrected chi connectivity index (χ0v) is 18.8. The van der Waals surface area contributed by atoms with E-state index in [2.05, 4.69) is 25.4 Å². The molecular formula is C23H24N6O4. The molecule has 170 valence electrons. The number of carbonyl (C=O) groups is 1. The van der Waals surface area contributed by atoms with Crippen molar-refractivity contribution in [3.05, 3.63) is 66.1 Å². The average molecular weight is 448 g/mol. The van der Waals surface area contributed by atoms with Crippen LogP contribution in [0.5, 0.6) is 11.5 Å². The largest absolute Gasteiger partial charge is 0.493 e. The Morgan fingerprint density at radius 3 is 2.70 bits per heavy atom. The van der Waals surface area contributed by atoms with Crippen LogP contribution in [0.3, 0.4) is 0 Å². The van der Waals surface area contributed by atoms with Crippen LogP contribution in [0.15, 0.2) is 53.6 Å². The fraction of sp³-hybridized carbons (Fsp3) is 0.261. The van der Waals surface area contributed by atoms with Gasteiger partial charge in [-0.25, -0.2) is 9.97 Å². The number of imidazole rings is 1. The van der Waals surface area contributed by atoms with Gasteiger partial charge in [-0.1, -0.05) is 18.1 Å². The van der Waals surface area contributed by atoms with Crippen molar-refractivity contribution in [3.8, 4) is 28.8 Å². The summed E-state index contributed by atoms with van der Waals surface area (Å²) in [7, 11) is 3.15. The molecule has 1 N–H and O–H groups in total. The smallest absolute Gasteiger partial charge is 0.271 e. The molecule has 33 heavy (non-hydrogen) atoms. The quantitative estimate of drug-likeness (QED) is 0.436. The van der Waals surface area contributed by atoms with E-state index < -0.39 is 0 Å². The van der Waals surface area contributed by atoms with Crippen LogP contribution in [-0.2, 0) is 6.42 Å². The third-order valence-corrected chi connectivity index (χ3v) is 5.11. The number of amides is 1. The van der Waals surface area contributed by atoms with Crippen molar-refractivity contribution in [2.24, 2.45) is 0 Å². The van der Waals surface area contributed by atoms with Gasteiger partial charge in [0.15, 0.2) is 17.3 Å². The van der Waals surface area contributed by atoms with E-state index in [9.17, 15) is 4.79 Å². The molecular weight excluding hydrogens is 424 g/mol. The van der Waals surface area contributed by atoms with Gasteiger partial charge in [-0.3, -0.25) is 9.36 Å². The fourth-order valence-electron chi connectivity index (χ4n) is 3.25. The van der Waals surface area contributed by atoms with Crippen LogP contribution in [0.1, 0.15) is 41.8 Å². The molecule has 0 spiro atoms. The van der Waals surface area contributed by atoms with Crippen LogP contribution in [0, 0.1) is 0 Å². The molecule has 0 saturated carbocycles. The van der Waals surface area contributed by atoms with Crippen molar-refractivity contribution in [1.82, 2.24) is 30.0 Å². The standard InChI is InChI=1S/C23H24N6O4/c1-5-20-27-23(33-28-20)16-8-9-24-21(11-16)29-12-17(25-13-29)22(30)26-14(2)15-6-7-18(31-3)19(10-15)32-4/h6-14H,5H2,1-4H3,(H,26,30)/t14-/m1/s1. The van der Waals surface area contributed by atoms with E-state index in [0.717, 1.165) is 11.1 Å². The van der Waals surface area contributed by atoms with Gasteiger partial charge in [0.25, 0.3) is 11.8 Å². The predicted molar refractivity (Wildman–Crippen MR) is 119 cm³/mol. The number of aromatic nitrogens is 5. The van der Waals surface area contributed by atoms with E-state index in [4.69, 9.17) is 14.0 Å². The first-order valence-corrected chi connectivity index (χ1v) is 10.4. The first-order valence-electron chi connectivity index (χ1n) is 10.4. The Balaban J connectivity index is 1.49. The van der Waals surface area contributed by atoms with Crippen LogP contribution in [0.4, 0.5) is 0 Å². The molecule has 0 aliphatic rings. The number of nitrogens with zero attached hydrogens (tertiary/aromatic N) is 5. The number of aryl methyl sites for hydroxylation is 1. The number of hydrogen-bond donors (Lipinski definition) is 1.